The van der Waals surface area contributed by atoms with Crippen molar-refractivity contribution < 1.29 is 13.2 Å². The highest BCUT2D eigenvalue weighted by Gasteiger charge is 2.24. The topological polar surface area (TPSA) is 81.2 Å². The molecule has 1 aromatic heterocycles. The maximum Gasteiger partial charge on any atom is 0.218 e. The van der Waals surface area contributed by atoms with E-state index in [1.54, 1.807) is 6.07 Å². The SMILES string of the molecule is CCCOc1cc(NC2CCCS(=O)(=O)C2)ncn1. The summed E-state index contributed by atoms with van der Waals surface area (Å²) < 4.78 is 28.5. The average Bonchev–Trinajstić information content (AvgIpc) is 2.35. The predicted molar refractivity (Wildman–Crippen MR) is 73.1 cm³/mol. The van der Waals surface area contributed by atoms with Crippen molar-refractivity contribution in [1.29, 1.82) is 0 Å². The molecule has 0 bridgehead atoms. The van der Waals surface area contributed by atoms with E-state index in [-0.39, 0.29) is 11.8 Å². The third-order valence-electron chi connectivity index (χ3n) is 2.91. The van der Waals surface area contributed by atoms with Crippen molar-refractivity contribution in [3.05, 3.63) is 12.4 Å². The summed E-state index contributed by atoms with van der Waals surface area (Å²) in [5, 5.41) is 3.14. The van der Waals surface area contributed by atoms with Gasteiger partial charge in [0, 0.05) is 12.1 Å². The fraction of sp³-hybridized carbons (Fsp3) is 0.667. The van der Waals surface area contributed by atoms with Crippen LogP contribution in [0.15, 0.2) is 12.4 Å². The highest BCUT2D eigenvalue weighted by Crippen LogP contribution is 2.18. The van der Waals surface area contributed by atoms with Gasteiger partial charge in [-0.15, -0.1) is 0 Å². The molecular formula is C12H19N3O3S. The van der Waals surface area contributed by atoms with Crippen molar-refractivity contribution in [3.8, 4) is 5.88 Å². The van der Waals surface area contributed by atoms with Gasteiger partial charge in [-0.25, -0.2) is 18.4 Å². The van der Waals surface area contributed by atoms with E-state index in [2.05, 4.69) is 15.3 Å². The molecule has 0 saturated carbocycles. The standard InChI is InChI=1S/C12H19N3O3S/c1-2-5-18-12-7-11(13-9-14-12)15-10-4-3-6-19(16,17)8-10/h7,9-10H,2-6,8H2,1H3,(H,13,14,15). The van der Waals surface area contributed by atoms with Gasteiger partial charge in [0.15, 0.2) is 9.84 Å². The number of ether oxygens (including phenoxy) is 1. The number of rotatable bonds is 5. The predicted octanol–water partition coefficient (Wildman–Crippen LogP) is 1.25. The Balaban J connectivity index is 1.98. The third kappa shape index (κ3) is 4.34. The smallest absolute Gasteiger partial charge is 0.218 e. The molecule has 7 heteroatoms. The molecule has 19 heavy (non-hydrogen) atoms. The highest BCUT2D eigenvalue weighted by atomic mass is 32.2. The second kappa shape index (κ2) is 6.18. The van der Waals surface area contributed by atoms with Gasteiger partial charge in [0.25, 0.3) is 0 Å². The molecule has 1 aromatic rings. The van der Waals surface area contributed by atoms with Crippen molar-refractivity contribution in [3.63, 3.8) is 0 Å². The van der Waals surface area contributed by atoms with Crippen LogP contribution >= 0.6 is 0 Å². The second-order valence-corrected chi connectivity index (χ2v) is 6.92. The van der Waals surface area contributed by atoms with E-state index in [4.69, 9.17) is 4.74 Å². The van der Waals surface area contributed by atoms with Gasteiger partial charge in [-0.2, -0.15) is 0 Å². The van der Waals surface area contributed by atoms with Crippen LogP contribution < -0.4 is 10.1 Å². The summed E-state index contributed by atoms with van der Waals surface area (Å²) in [6, 6.07) is 1.63. The minimum Gasteiger partial charge on any atom is -0.478 e. The maximum absolute atomic E-state index is 11.6. The summed E-state index contributed by atoms with van der Waals surface area (Å²) in [5.74, 6) is 1.59. The molecule has 1 N–H and O–H groups in total. The number of nitrogens with one attached hydrogen (secondary N) is 1. The van der Waals surface area contributed by atoms with Crippen molar-refractivity contribution >= 4 is 15.7 Å². The number of aromatic nitrogens is 2. The van der Waals surface area contributed by atoms with Gasteiger partial charge in [-0.3, -0.25) is 0 Å². The first-order valence-electron chi connectivity index (χ1n) is 6.51. The quantitative estimate of drug-likeness (QED) is 0.877. The molecule has 1 atom stereocenters. The Hall–Kier alpha value is -1.37. The first-order valence-corrected chi connectivity index (χ1v) is 8.33. The summed E-state index contributed by atoms with van der Waals surface area (Å²) >= 11 is 0. The van der Waals surface area contributed by atoms with Crippen LogP contribution in [-0.4, -0.2) is 42.5 Å². The molecule has 1 aliphatic heterocycles. The van der Waals surface area contributed by atoms with E-state index in [0.29, 0.717) is 30.5 Å². The van der Waals surface area contributed by atoms with E-state index in [1.807, 2.05) is 6.92 Å². The molecule has 1 aliphatic rings. The summed E-state index contributed by atoms with van der Waals surface area (Å²) in [4.78, 5) is 8.10. The van der Waals surface area contributed by atoms with Crippen LogP contribution in [0.3, 0.4) is 0 Å². The van der Waals surface area contributed by atoms with Gasteiger partial charge in [0.1, 0.15) is 12.1 Å². The molecule has 2 heterocycles. The summed E-state index contributed by atoms with van der Waals surface area (Å²) in [7, 11) is -2.91. The average molecular weight is 285 g/mol. The molecule has 6 nitrogen and oxygen atoms in total. The molecule has 1 unspecified atom stereocenters. The van der Waals surface area contributed by atoms with E-state index >= 15 is 0 Å². The van der Waals surface area contributed by atoms with Crippen LogP contribution in [0.1, 0.15) is 26.2 Å². The van der Waals surface area contributed by atoms with Gasteiger partial charge >= 0.3 is 0 Å². The maximum atomic E-state index is 11.6. The van der Waals surface area contributed by atoms with E-state index in [1.165, 1.54) is 6.33 Å². The summed E-state index contributed by atoms with van der Waals surface area (Å²) in [6.07, 6.45) is 3.87. The molecule has 0 aromatic carbocycles. The lowest BCUT2D eigenvalue weighted by Gasteiger charge is -2.23. The number of nitrogens with zero attached hydrogens (tertiary/aromatic N) is 2. The van der Waals surface area contributed by atoms with Crippen molar-refractivity contribution in [1.82, 2.24) is 9.97 Å². The molecule has 0 amide bonds. The number of anilines is 1. The number of hydrogen-bond acceptors (Lipinski definition) is 6. The lowest BCUT2D eigenvalue weighted by Crippen LogP contribution is -2.35. The fourth-order valence-corrected chi connectivity index (χ4v) is 3.69. The van der Waals surface area contributed by atoms with Crippen LogP contribution in [0.5, 0.6) is 5.88 Å². The van der Waals surface area contributed by atoms with Crippen LogP contribution in [0.4, 0.5) is 5.82 Å². The van der Waals surface area contributed by atoms with Gasteiger partial charge in [0.05, 0.1) is 18.1 Å². The van der Waals surface area contributed by atoms with Gasteiger partial charge in [0.2, 0.25) is 5.88 Å². The Kier molecular flexibility index (Phi) is 4.57. The molecule has 0 spiro atoms. The first kappa shape index (κ1) is 14.0. The van der Waals surface area contributed by atoms with Crippen LogP contribution in [-0.2, 0) is 9.84 Å². The van der Waals surface area contributed by atoms with Gasteiger partial charge < -0.3 is 10.1 Å². The number of hydrogen-bond donors (Lipinski definition) is 1. The van der Waals surface area contributed by atoms with Crippen molar-refractivity contribution in [2.45, 2.75) is 32.2 Å². The minimum absolute atomic E-state index is 0.0762. The van der Waals surface area contributed by atoms with E-state index in [0.717, 1.165) is 12.8 Å². The normalized spacial score (nSPS) is 21.8. The largest absolute Gasteiger partial charge is 0.478 e. The zero-order valence-corrected chi connectivity index (χ0v) is 11.8. The van der Waals surface area contributed by atoms with Crippen LogP contribution in [0.25, 0.3) is 0 Å². The molecule has 0 aliphatic carbocycles. The second-order valence-electron chi connectivity index (χ2n) is 4.69. The third-order valence-corrected chi connectivity index (χ3v) is 4.73. The molecule has 1 fully saturated rings. The minimum atomic E-state index is -2.91. The molecular weight excluding hydrogens is 266 g/mol. The monoisotopic (exact) mass is 285 g/mol. The lowest BCUT2D eigenvalue weighted by atomic mass is 10.2. The van der Waals surface area contributed by atoms with Gasteiger partial charge in [-0.05, 0) is 19.3 Å². The van der Waals surface area contributed by atoms with E-state index < -0.39 is 9.84 Å². The Morgan fingerprint density at radius 3 is 3.05 bits per heavy atom. The first-order chi connectivity index (χ1) is 9.09. The Bertz CT molecular complexity index is 519. The summed E-state index contributed by atoms with van der Waals surface area (Å²) in [5.41, 5.74) is 0. The molecule has 2 rings (SSSR count). The number of sulfone groups is 1. The van der Waals surface area contributed by atoms with Gasteiger partial charge in [-0.1, -0.05) is 6.92 Å². The fourth-order valence-electron chi connectivity index (χ4n) is 2.05. The molecule has 1 saturated heterocycles. The summed E-state index contributed by atoms with van der Waals surface area (Å²) in [6.45, 7) is 2.63. The lowest BCUT2D eigenvalue weighted by molar-refractivity contribution is 0.305. The molecule has 0 radical (unpaired) electrons. The molecule has 106 valence electrons. The Labute approximate surface area is 113 Å². The zero-order chi connectivity index (χ0) is 13.7. The highest BCUT2D eigenvalue weighted by molar-refractivity contribution is 7.91. The van der Waals surface area contributed by atoms with Crippen molar-refractivity contribution in [2.24, 2.45) is 0 Å². The van der Waals surface area contributed by atoms with E-state index in [9.17, 15) is 8.42 Å². The Morgan fingerprint density at radius 1 is 1.47 bits per heavy atom. The Morgan fingerprint density at radius 2 is 2.32 bits per heavy atom. The zero-order valence-electron chi connectivity index (χ0n) is 11.0. The van der Waals surface area contributed by atoms with Crippen LogP contribution in [0, 0.1) is 0 Å². The van der Waals surface area contributed by atoms with Crippen molar-refractivity contribution in [2.75, 3.05) is 23.4 Å². The van der Waals surface area contributed by atoms with Crippen LogP contribution in [0.2, 0.25) is 0 Å².